The predicted molar refractivity (Wildman–Crippen MR) is 126 cm³/mol. The molecule has 2 N–H and O–H groups in total. The summed E-state index contributed by atoms with van der Waals surface area (Å²) in [5.41, 5.74) is 2.53. The maximum Gasteiger partial charge on any atom is 0.234 e. The lowest BCUT2D eigenvalue weighted by molar-refractivity contribution is -0.117. The molecule has 0 radical (unpaired) electrons. The molecule has 2 aromatic carbocycles. The third-order valence-corrected chi connectivity index (χ3v) is 5.33. The minimum Gasteiger partial charge on any atom is -0.508 e. The highest BCUT2D eigenvalue weighted by atomic mass is 16.5. The number of oxazole rings is 1. The molecule has 1 unspecified atom stereocenters. The molecule has 0 aliphatic heterocycles. The summed E-state index contributed by atoms with van der Waals surface area (Å²) in [5, 5.41) is 13.4. The fourth-order valence-electron chi connectivity index (χ4n) is 3.67. The van der Waals surface area contributed by atoms with E-state index in [-0.39, 0.29) is 17.5 Å². The molecule has 7 heteroatoms. The first kappa shape index (κ1) is 22.1. The maximum absolute atomic E-state index is 13.4. The summed E-state index contributed by atoms with van der Waals surface area (Å²) in [7, 11) is 1.53. The van der Waals surface area contributed by atoms with Crippen molar-refractivity contribution in [3.8, 4) is 34.2 Å². The van der Waals surface area contributed by atoms with E-state index in [1.807, 2.05) is 43.3 Å². The number of pyridine rings is 1. The van der Waals surface area contributed by atoms with Crippen molar-refractivity contribution >= 4 is 11.8 Å². The number of anilines is 1. The number of carbonyl (C=O) groups excluding carboxylic acids is 1. The van der Waals surface area contributed by atoms with E-state index >= 15 is 0 Å². The molecular weight excluding hydrogens is 418 g/mol. The van der Waals surface area contributed by atoms with Crippen molar-refractivity contribution in [2.45, 2.75) is 25.7 Å². The Morgan fingerprint density at radius 2 is 1.91 bits per heavy atom. The van der Waals surface area contributed by atoms with Crippen LogP contribution in [-0.2, 0) is 4.79 Å². The third-order valence-electron chi connectivity index (χ3n) is 5.33. The number of aromatic hydroxyl groups is 1. The maximum atomic E-state index is 13.4. The van der Waals surface area contributed by atoms with Gasteiger partial charge in [0.1, 0.15) is 17.2 Å². The van der Waals surface area contributed by atoms with E-state index in [4.69, 9.17) is 9.15 Å². The molecule has 0 bridgehead atoms. The van der Waals surface area contributed by atoms with Gasteiger partial charge in [0.25, 0.3) is 0 Å². The van der Waals surface area contributed by atoms with Gasteiger partial charge in [0.15, 0.2) is 0 Å². The Kier molecular flexibility index (Phi) is 6.69. The lowest BCUT2D eigenvalue weighted by atomic mass is 9.92. The van der Waals surface area contributed by atoms with Crippen LogP contribution in [-0.4, -0.2) is 28.1 Å². The Morgan fingerprint density at radius 1 is 1.12 bits per heavy atom. The minimum absolute atomic E-state index is 0.0120. The number of amides is 1. The van der Waals surface area contributed by atoms with E-state index < -0.39 is 5.92 Å². The number of rotatable bonds is 8. The molecular formula is C26H25N3O4. The van der Waals surface area contributed by atoms with Gasteiger partial charge in [-0.1, -0.05) is 37.6 Å². The van der Waals surface area contributed by atoms with Crippen molar-refractivity contribution in [1.82, 2.24) is 9.97 Å². The van der Waals surface area contributed by atoms with Crippen LogP contribution in [0.3, 0.4) is 0 Å². The summed E-state index contributed by atoms with van der Waals surface area (Å²) < 4.78 is 11.2. The largest absolute Gasteiger partial charge is 0.508 e. The van der Waals surface area contributed by atoms with Gasteiger partial charge in [-0.3, -0.25) is 15.1 Å². The van der Waals surface area contributed by atoms with Gasteiger partial charge in [0, 0.05) is 35.2 Å². The van der Waals surface area contributed by atoms with Crippen molar-refractivity contribution in [3.05, 3.63) is 78.6 Å². The van der Waals surface area contributed by atoms with Crippen LogP contribution in [0, 0.1) is 0 Å². The van der Waals surface area contributed by atoms with Crippen LogP contribution >= 0.6 is 0 Å². The number of ether oxygens (including phenoxy) is 1. The first-order valence-corrected chi connectivity index (χ1v) is 10.7. The number of hydrogen-bond acceptors (Lipinski definition) is 6. The molecule has 4 aromatic rings. The van der Waals surface area contributed by atoms with Crippen LogP contribution in [0.15, 0.2) is 77.5 Å². The van der Waals surface area contributed by atoms with Gasteiger partial charge in [0.05, 0.1) is 13.0 Å². The normalized spacial score (nSPS) is 11.7. The van der Waals surface area contributed by atoms with Crippen LogP contribution in [0.2, 0.25) is 0 Å². The van der Waals surface area contributed by atoms with Gasteiger partial charge in [0.2, 0.25) is 17.7 Å². The zero-order valence-electron chi connectivity index (χ0n) is 18.5. The first-order valence-electron chi connectivity index (χ1n) is 10.7. The average molecular weight is 444 g/mol. The van der Waals surface area contributed by atoms with Gasteiger partial charge in [-0.05, 0) is 36.8 Å². The van der Waals surface area contributed by atoms with E-state index in [1.165, 1.54) is 13.2 Å². The molecule has 1 amide bonds. The fraction of sp³-hybridized carbons (Fsp3) is 0.192. The molecule has 0 aliphatic carbocycles. The van der Waals surface area contributed by atoms with Crippen LogP contribution < -0.4 is 10.1 Å². The van der Waals surface area contributed by atoms with Crippen LogP contribution in [0.5, 0.6) is 11.5 Å². The Bertz CT molecular complexity index is 1220. The Hall–Kier alpha value is -4.13. The summed E-state index contributed by atoms with van der Waals surface area (Å²) in [6, 6.07) is 18.1. The number of nitrogens with zero attached hydrogens (tertiary/aromatic N) is 2. The topological polar surface area (TPSA) is 97.5 Å². The van der Waals surface area contributed by atoms with Crippen molar-refractivity contribution in [3.63, 3.8) is 0 Å². The molecule has 0 fully saturated rings. The van der Waals surface area contributed by atoms with Gasteiger partial charge in [-0.15, -0.1) is 0 Å². The second-order valence-corrected chi connectivity index (χ2v) is 7.56. The molecule has 2 heterocycles. The average Bonchev–Trinajstić information content (AvgIpc) is 3.27. The number of hydrogen-bond donors (Lipinski definition) is 2. The van der Waals surface area contributed by atoms with Crippen LogP contribution in [0.25, 0.3) is 22.7 Å². The molecule has 33 heavy (non-hydrogen) atoms. The van der Waals surface area contributed by atoms with Crippen LogP contribution in [0.4, 0.5) is 5.88 Å². The quantitative estimate of drug-likeness (QED) is 0.366. The highest BCUT2D eigenvalue weighted by Crippen LogP contribution is 2.36. The smallest absolute Gasteiger partial charge is 0.234 e. The number of methoxy groups -OCH3 is 1. The van der Waals surface area contributed by atoms with E-state index in [9.17, 15) is 9.90 Å². The summed E-state index contributed by atoms with van der Waals surface area (Å²) >= 11 is 0. The van der Waals surface area contributed by atoms with Crippen molar-refractivity contribution in [2.75, 3.05) is 12.4 Å². The van der Waals surface area contributed by atoms with Crippen LogP contribution in [0.1, 0.15) is 31.2 Å². The number of benzene rings is 2. The third kappa shape index (κ3) is 4.87. The predicted octanol–water partition coefficient (Wildman–Crippen LogP) is 5.64. The number of aromatic nitrogens is 2. The summed E-state index contributed by atoms with van der Waals surface area (Å²) in [5.74, 6) is 0.294. The molecule has 0 spiro atoms. The molecule has 7 nitrogen and oxygen atoms in total. The summed E-state index contributed by atoms with van der Waals surface area (Å²) in [6.07, 6.45) is 4.64. The van der Waals surface area contributed by atoms with Gasteiger partial charge >= 0.3 is 0 Å². The molecule has 4 rings (SSSR count). The zero-order chi connectivity index (χ0) is 23.2. The number of phenols is 1. The van der Waals surface area contributed by atoms with E-state index in [2.05, 4.69) is 15.3 Å². The van der Waals surface area contributed by atoms with Gasteiger partial charge < -0.3 is 14.3 Å². The Balaban J connectivity index is 1.70. The number of carbonyl (C=O) groups is 1. The highest BCUT2D eigenvalue weighted by molar-refractivity contribution is 5.97. The molecule has 1 atom stereocenters. The molecule has 2 aromatic heterocycles. The molecule has 0 saturated heterocycles. The molecule has 0 aliphatic rings. The van der Waals surface area contributed by atoms with Gasteiger partial charge in [-0.2, -0.15) is 0 Å². The van der Waals surface area contributed by atoms with Gasteiger partial charge in [-0.25, -0.2) is 4.98 Å². The molecule has 168 valence electrons. The Morgan fingerprint density at radius 3 is 2.58 bits per heavy atom. The van der Waals surface area contributed by atoms with Crippen molar-refractivity contribution < 1.29 is 19.1 Å². The lowest BCUT2D eigenvalue weighted by Gasteiger charge is -2.17. The van der Waals surface area contributed by atoms with E-state index in [1.54, 1.807) is 30.6 Å². The SMILES string of the molecule is CCCC(C(=O)Nc1oc(-c2ccccc2)nc1-c1cccnc1)c1ccc(OC)cc1O. The monoisotopic (exact) mass is 443 g/mol. The first-order chi connectivity index (χ1) is 16.1. The highest BCUT2D eigenvalue weighted by Gasteiger charge is 2.26. The van der Waals surface area contributed by atoms with E-state index in [0.717, 1.165) is 17.5 Å². The number of nitrogens with one attached hydrogen (secondary N) is 1. The van der Waals surface area contributed by atoms with Crippen molar-refractivity contribution in [1.29, 1.82) is 0 Å². The van der Waals surface area contributed by atoms with E-state index in [0.29, 0.717) is 29.3 Å². The summed E-state index contributed by atoms with van der Waals surface area (Å²) in [4.78, 5) is 22.2. The van der Waals surface area contributed by atoms with Crippen molar-refractivity contribution in [2.24, 2.45) is 0 Å². The fourth-order valence-corrected chi connectivity index (χ4v) is 3.67. The zero-order valence-corrected chi connectivity index (χ0v) is 18.5. The molecule has 0 saturated carbocycles. The summed E-state index contributed by atoms with van der Waals surface area (Å²) in [6.45, 7) is 1.99. The number of phenolic OH excluding ortho intramolecular Hbond substituents is 1. The second kappa shape index (κ2) is 9.99. The minimum atomic E-state index is -0.576. The standard InChI is InChI=1S/C26H25N3O4/c1-3-8-21(20-13-12-19(32-2)15-22(20)30)24(31)29-26-23(18-11-7-14-27-16-18)28-25(33-26)17-9-5-4-6-10-17/h4-7,9-16,21,30H,3,8H2,1-2H3,(H,29,31). The second-order valence-electron chi connectivity index (χ2n) is 7.56. The lowest BCUT2D eigenvalue weighted by Crippen LogP contribution is -2.21. The Labute approximate surface area is 192 Å².